The molecule has 40 heavy (non-hydrogen) atoms. The lowest BCUT2D eigenvalue weighted by Gasteiger charge is -2.23. The Kier molecular flexibility index (Phi) is 10.2. The van der Waals surface area contributed by atoms with E-state index in [0.717, 1.165) is 33.2 Å². The summed E-state index contributed by atoms with van der Waals surface area (Å²) in [7, 11) is -3.96. The van der Waals surface area contributed by atoms with E-state index in [0.29, 0.717) is 19.4 Å². The second-order valence-electron chi connectivity index (χ2n) is 10.3. The molecule has 0 saturated carbocycles. The van der Waals surface area contributed by atoms with Crippen molar-refractivity contribution in [3.8, 4) is 0 Å². The molecule has 0 aliphatic carbocycles. The molecule has 8 nitrogen and oxygen atoms in total. The van der Waals surface area contributed by atoms with Crippen molar-refractivity contribution in [2.24, 2.45) is 11.8 Å². The summed E-state index contributed by atoms with van der Waals surface area (Å²) >= 11 is 7.48. The number of hydrogen-bond acceptors (Lipinski definition) is 6. The van der Waals surface area contributed by atoms with Crippen molar-refractivity contribution in [1.82, 2.24) is 15.4 Å². The van der Waals surface area contributed by atoms with E-state index in [-0.39, 0.29) is 53.1 Å². The minimum Gasteiger partial charge on any atom is -0.376 e. The van der Waals surface area contributed by atoms with E-state index < -0.39 is 28.0 Å². The zero-order valence-corrected chi connectivity index (χ0v) is 24.7. The second-order valence-corrected chi connectivity index (χ2v) is 13.6. The van der Waals surface area contributed by atoms with Crippen LogP contribution in [-0.2, 0) is 30.8 Å². The van der Waals surface area contributed by atoms with Gasteiger partial charge in [0.1, 0.15) is 16.8 Å². The molecule has 3 atom stereocenters. The smallest absolute Gasteiger partial charge is 0.242 e. The minimum absolute atomic E-state index is 0.0674. The monoisotopic (exact) mass is 609 g/mol. The number of thiophene rings is 1. The summed E-state index contributed by atoms with van der Waals surface area (Å²) in [5.41, 5.74) is 0. The van der Waals surface area contributed by atoms with Gasteiger partial charge in [0.15, 0.2) is 0 Å². The number of ether oxygens (including phenoxy) is 1. The highest BCUT2D eigenvalue weighted by Gasteiger charge is 2.31. The Hall–Kier alpha value is -2.57. The Labute approximate surface area is 242 Å². The van der Waals surface area contributed by atoms with Gasteiger partial charge in [0, 0.05) is 35.2 Å². The molecule has 1 aliphatic heterocycles. The maximum atomic E-state index is 13.3. The Bertz CT molecular complexity index is 1430. The normalized spacial score (nSPS) is 18.2. The lowest BCUT2D eigenvalue weighted by Crippen LogP contribution is -2.50. The average molecular weight is 610 g/mol. The van der Waals surface area contributed by atoms with Crippen LogP contribution in [0.25, 0.3) is 10.1 Å². The van der Waals surface area contributed by atoms with Gasteiger partial charge in [0.25, 0.3) is 0 Å². The van der Waals surface area contributed by atoms with Gasteiger partial charge in [0.05, 0.1) is 17.5 Å². The van der Waals surface area contributed by atoms with E-state index in [2.05, 4.69) is 15.4 Å². The van der Waals surface area contributed by atoms with Crippen LogP contribution in [0.5, 0.6) is 0 Å². The predicted octanol–water partition coefficient (Wildman–Crippen LogP) is 4.27. The lowest BCUT2D eigenvalue weighted by molar-refractivity contribution is -0.129. The number of halogens is 2. The molecule has 4 rings (SSSR count). The van der Waals surface area contributed by atoms with E-state index in [9.17, 15) is 22.4 Å². The van der Waals surface area contributed by atoms with Crippen LogP contribution in [0, 0.1) is 17.7 Å². The first-order valence-electron chi connectivity index (χ1n) is 13.1. The van der Waals surface area contributed by atoms with Gasteiger partial charge < -0.3 is 15.4 Å². The first-order chi connectivity index (χ1) is 19.0. The largest absolute Gasteiger partial charge is 0.376 e. The van der Waals surface area contributed by atoms with Gasteiger partial charge in [-0.2, -0.15) is 0 Å². The van der Waals surface area contributed by atoms with Crippen molar-refractivity contribution in [1.29, 1.82) is 0 Å². The summed E-state index contributed by atoms with van der Waals surface area (Å²) in [5, 5.41) is 6.64. The van der Waals surface area contributed by atoms with Crippen molar-refractivity contribution >= 4 is 54.9 Å². The maximum absolute atomic E-state index is 13.3. The summed E-state index contributed by atoms with van der Waals surface area (Å²) in [5.74, 6) is -1.19. The van der Waals surface area contributed by atoms with Crippen LogP contribution in [0.4, 0.5) is 4.39 Å². The van der Waals surface area contributed by atoms with E-state index in [1.165, 1.54) is 0 Å². The first kappa shape index (κ1) is 30.4. The summed E-state index contributed by atoms with van der Waals surface area (Å²) < 4.78 is 48.1. The number of nitrogens with one attached hydrogen (secondary N) is 3. The number of amides is 2. The molecule has 1 aliphatic rings. The molecule has 2 aromatic carbocycles. The van der Waals surface area contributed by atoms with E-state index >= 15 is 0 Å². The molecule has 2 heterocycles. The second kappa shape index (κ2) is 13.4. The summed E-state index contributed by atoms with van der Waals surface area (Å²) in [6, 6.07) is 12.3. The van der Waals surface area contributed by atoms with Crippen LogP contribution in [0.15, 0.2) is 53.4 Å². The Morgan fingerprint density at radius 2 is 1.93 bits per heavy atom. The zero-order chi connectivity index (χ0) is 28.9. The van der Waals surface area contributed by atoms with Crippen LogP contribution in [-0.4, -0.2) is 52.1 Å². The predicted molar refractivity (Wildman–Crippen MR) is 154 cm³/mol. The molecule has 1 saturated heterocycles. The lowest BCUT2D eigenvalue weighted by atomic mass is 10.0. The standard InChI is InChI=1S/C28H33ClFN3O5S2/c1-17(2)11-23(33-27(34)14-21-12-18-5-3-4-6-25(18)39-21)28(35)31-16-24-19(9-10-38-24)15-32-40(36,37)26-8-7-20(30)13-22(26)29/h3-8,12-13,17,19,23-24,32H,9-11,14-16H2,1-2H3,(H,31,35)(H,33,34)/t19-,23+,24-/m1/s1. The fourth-order valence-corrected chi connectivity index (χ4v) is 7.38. The molecule has 0 spiro atoms. The number of carbonyl (C=O) groups excluding carboxylic acids is 2. The van der Waals surface area contributed by atoms with Crippen molar-refractivity contribution in [3.05, 3.63) is 64.2 Å². The van der Waals surface area contributed by atoms with E-state index in [1.54, 1.807) is 11.3 Å². The first-order valence-corrected chi connectivity index (χ1v) is 15.8. The van der Waals surface area contributed by atoms with Gasteiger partial charge in [-0.05, 0) is 54.5 Å². The fourth-order valence-electron chi connectivity index (χ4n) is 4.69. The quantitative estimate of drug-likeness (QED) is 0.284. The van der Waals surface area contributed by atoms with Gasteiger partial charge in [-0.3, -0.25) is 9.59 Å². The van der Waals surface area contributed by atoms with Crippen molar-refractivity contribution in [2.45, 2.75) is 50.2 Å². The number of sulfonamides is 1. The number of benzene rings is 2. The van der Waals surface area contributed by atoms with Crippen molar-refractivity contribution < 1.29 is 27.1 Å². The fraction of sp³-hybridized carbons (Fsp3) is 0.429. The van der Waals surface area contributed by atoms with Gasteiger partial charge in [-0.25, -0.2) is 17.5 Å². The molecule has 3 N–H and O–H groups in total. The van der Waals surface area contributed by atoms with E-state index in [1.807, 2.05) is 44.2 Å². The van der Waals surface area contributed by atoms with Crippen LogP contribution >= 0.6 is 22.9 Å². The molecular weight excluding hydrogens is 577 g/mol. The average Bonchev–Trinajstić information content (AvgIpc) is 3.51. The van der Waals surface area contributed by atoms with Crippen LogP contribution < -0.4 is 15.4 Å². The third-order valence-corrected chi connectivity index (χ3v) is 9.74. The van der Waals surface area contributed by atoms with Crippen LogP contribution in [0.3, 0.4) is 0 Å². The molecule has 0 radical (unpaired) electrons. The number of hydrogen-bond donors (Lipinski definition) is 3. The van der Waals surface area contributed by atoms with Gasteiger partial charge in [-0.15, -0.1) is 11.3 Å². The molecule has 3 aromatic rings. The van der Waals surface area contributed by atoms with Gasteiger partial charge in [0.2, 0.25) is 21.8 Å². The summed E-state index contributed by atoms with van der Waals surface area (Å²) in [4.78, 5) is 26.7. The number of fused-ring (bicyclic) bond motifs is 1. The van der Waals surface area contributed by atoms with Crippen LogP contribution in [0.1, 0.15) is 31.6 Å². The molecule has 0 unspecified atom stereocenters. The SMILES string of the molecule is CC(C)C[C@H](NC(=O)Cc1cc2ccccc2s1)C(=O)NC[C@H]1OCC[C@@H]1CNS(=O)(=O)c1ccc(F)cc1Cl. The van der Waals surface area contributed by atoms with Gasteiger partial charge >= 0.3 is 0 Å². The van der Waals surface area contributed by atoms with Crippen molar-refractivity contribution in [2.75, 3.05) is 19.7 Å². The van der Waals surface area contributed by atoms with Crippen molar-refractivity contribution in [3.63, 3.8) is 0 Å². The number of rotatable bonds is 12. The third kappa shape index (κ3) is 8.01. The molecule has 1 aromatic heterocycles. The molecular formula is C28H33ClFN3O5S2. The highest BCUT2D eigenvalue weighted by atomic mass is 35.5. The minimum atomic E-state index is -3.96. The molecule has 12 heteroatoms. The van der Waals surface area contributed by atoms with Gasteiger partial charge in [-0.1, -0.05) is 43.6 Å². The topological polar surface area (TPSA) is 114 Å². The highest BCUT2D eigenvalue weighted by molar-refractivity contribution is 7.89. The number of carbonyl (C=O) groups is 2. The Morgan fingerprint density at radius 3 is 2.65 bits per heavy atom. The third-order valence-electron chi connectivity index (χ3n) is 6.71. The molecule has 216 valence electrons. The van der Waals surface area contributed by atoms with E-state index in [4.69, 9.17) is 16.3 Å². The Morgan fingerprint density at radius 1 is 1.15 bits per heavy atom. The maximum Gasteiger partial charge on any atom is 0.242 e. The van der Waals surface area contributed by atoms with Crippen LogP contribution in [0.2, 0.25) is 5.02 Å². The molecule has 2 amide bonds. The summed E-state index contributed by atoms with van der Waals surface area (Å²) in [6.07, 6.45) is 0.843. The highest BCUT2D eigenvalue weighted by Crippen LogP contribution is 2.26. The molecule has 0 bridgehead atoms. The zero-order valence-electron chi connectivity index (χ0n) is 22.3. The Balaban J connectivity index is 1.31. The molecule has 1 fully saturated rings. The summed E-state index contributed by atoms with van der Waals surface area (Å²) in [6.45, 7) is 4.62.